The van der Waals surface area contributed by atoms with Gasteiger partial charge in [0.05, 0.1) is 0 Å². The van der Waals surface area contributed by atoms with Gasteiger partial charge in [-0.25, -0.2) is 0 Å². The van der Waals surface area contributed by atoms with Crippen LogP contribution >= 0.6 is 0 Å². The SMILES string of the molecule is C=C(C)/C=C\C(=C)C.CC.CC.CC. The molecule has 0 saturated heterocycles. The number of rotatable bonds is 2. The van der Waals surface area contributed by atoms with Crippen molar-refractivity contribution in [2.75, 3.05) is 0 Å². The minimum Gasteiger partial charge on any atom is -0.0961 e. The van der Waals surface area contributed by atoms with Gasteiger partial charge in [-0.05, 0) is 13.8 Å². The van der Waals surface area contributed by atoms with Crippen LogP contribution in [0.3, 0.4) is 0 Å². The van der Waals surface area contributed by atoms with Crippen LogP contribution in [-0.4, -0.2) is 0 Å². The van der Waals surface area contributed by atoms with Crippen molar-refractivity contribution >= 4 is 0 Å². The Labute approximate surface area is 92.4 Å². The van der Waals surface area contributed by atoms with Gasteiger partial charge in [-0.2, -0.15) is 0 Å². The molecular formula is C14H30. The molecule has 0 atom stereocenters. The summed E-state index contributed by atoms with van der Waals surface area (Å²) in [6.45, 7) is 23.3. The van der Waals surface area contributed by atoms with Crippen LogP contribution in [0.5, 0.6) is 0 Å². The molecule has 0 aliphatic carbocycles. The minimum atomic E-state index is 1.06. The Bertz CT molecular complexity index is 111. The fraction of sp³-hybridized carbons (Fsp3) is 0.571. The van der Waals surface area contributed by atoms with Crippen molar-refractivity contribution < 1.29 is 0 Å². The molecule has 0 aromatic heterocycles. The van der Waals surface area contributed by atoms with Gasteiger partial charge in [0.25, 0.3) is 0 Å². The molecule has 0 aliphatic heterocycles. The maximum Gasteiger partial charge on any atom is -0.0404 e. The van der Waals surface area contributed by atoms with E-state index in [1.165, 1.54) is 0 Å². The van der Waals surface area contributed by atoms with Crippen LogP contribution in [0, 0.1) is 0 Å². The molecule has 0 amide bonds. The molecule has 0 heterocycles. The zero-order valence-electron chi connectivity index (χ0n) is 11.6. The minimum absolute atomic E-state index is 1.06. The van der Waals surface area contributed by atoms with Gasteiger partial charge in [-0.3, -0.25) is 0 Å². The van der Waals surface area contributed by atoms with Crippen molar-refractivity contribution in [2.24, 2.45) is 0 Å². The summed E-state index contributed by atoms with van der Waals surface area (Å²) in [6, 6.07) is 0. The fourth-order valence-electron chi connectivity index (χ4n) is 0.285. The predicted octanol–water partition coefficient (Wildman–Crippen LogP) is 5.77. The lowest BCUT2D eigenvalue weighted by Crippen LogP contribution is -1.62. The van der Waals surface area contributed by atoms with Crippen molar-refractivity contribution in [1.29, 1.82) is 0 Å². The van der Waals surface area contributed by atoms with Crippen LogP contribution in [-0.2, 0) is 0 Å². The molecule has 14 heavy (non-hydrogen) atoms. The maximum atomic E-state index is 3.70. The van der Waals surface area contributed by atoms with E-state index in [4.69, 9.17) is 0 Å². The molecule has 0 nitrogen and oxygen atoms in total. The van der Waals surface area contributed by atoms with Gasteiger partial charge in [0, 0.05) is 0 Å². The summed E-state index contributed by atoms with van der Waals surface area (Å²) in [5.41, 5.74) is 2.13. The van der Waals surface area contributed by atoms with Gasteiger partial charge in [-0.1, -0.05) is 78.0 Å². The summed E-state index contributed by atoms with van der Waals surface area (Å²) in [7, 11) is 0. The Hall–Kier alpha value is -0.780. The summed E-state index contributed by atoms with van der Waals surface area (Å²) < 4.78 is 0. The Morgan fingerprint density at radius 3 is 0.857 bits per heavy atom. The highest BCUT2D eigenvalue weighted by atomic mass is 13.8. The van der Waals surface area contributed by atoms with E-state index < -0.39 is 0 Å². The molecular weight excluding hydrogens is 168 g/mol. The number of hydrogen-bond donors (Lipinski definition) is 0. The van der Waals surface area contributed by atoms with Crippen LogP contribution in [0.1, 0.15) is 55.4 Å². The van der Waals surface area contributed by atoms with Gasteiger partial charge >= 0.3 is 0 Å². The average molecular weight is 198 g/mol. The molecule has 0 aliphatic rings. The molecule has 0 radical (unpaired) electrons. The third-order valence-electron chi connectivity index (χ3n) is 0.652. The molecule has 0 N–H and O–H groups in total. The van der Waals surface area contributed by atoms with Crippen molar-refractivity contribution in [3.63, 3.8) is 0 Å². The zero-order chi connectivity index (χ0) is 12.6. The first-order chi connectivity index (χ1) is 6.63. The van der Waals surface area contributed by atoms with Gasteiger partial charge in [0.1, 0.15) is 0 Å². The van der Waals surface area contributed by atoms with E-state index in [0.29, 0.717) is 0 Å². The Morgan fingerprint density at radius 2 is 0.786 bits per heavy atom. The second-order valence-corrected chi connectivity index (χ2v) is 2.03. The predicted molar refractivity (Wildman–Crippen MR) is 72.8 cm³/mol. The molecule has 0 aromatic carbocycles. The first-order valence-corrected chi connectivity index (χ1v) is 5.62. The summed E-state index contributed by atoms with van der Waals surface area (Å²) in [4.78, 5) is 0. The van der Waals surface area contributed by atoms with E-state index >= 15 is 0 Å². The lowest BCUT2D eigenvalue weighted by Gasteiger charge is -1.84. The van der Waals surface area contributed by atoms with Gasteiger partial charge in [0.2, 0.25) is 0 Å². The van der Waals surface area contributed by atoms with Crippen LogP contribution in [0.4, 0.5) is 0 Å². The molecule has 0 heteroatoms. The second-order valence-electron chi connectivity index (χ2n) is 2.03. The summed E-state index contributed by atoms with van der Waals surface area (Å²) in [6.07, 6.45) is 3.89. The molecule has 0 unspecified atom stereocenters. The lowest BCUT2D eigenvalue weighted by molar-refractivity contribution is 1.50. The second kappa shape index (κ2) is 29.5. The lowest BCUT2D eigenvalue weighted by atomic mass is 10.2. The number of hydrogen-bond acceptors (Lipinski definition) is 0. The largest absolute Gasteiger partial charge is 0.0961 e. The van der Waals surface area contributed by atoms with Gasteiger partial charge in [-0.15, -0.1) is 0 Å². The summed E-state index contributed by atoms with van der Waals surface area (Å²) in [5.74, 6) is 0. The average Bonchev–Trinajstić information content (AvgIpc) is 2.24. The van der Waals surface area contributed by atoms with Crippen molar-refractivity contribution in [3.05, 3.63) is 36.5 Å². The first-order valence-electron chi connectivity index (χ1n) is 5.62. The molecule has 0 aromatic rings. The first kappa shape index (κ1) is 23.2. The van der Waals surface area contributed by atoms with Gasteiger partial charge in [0.15, 0.2) is 0 Å². The summed E-state index contributed by atoms with van der Waals surface area (Å²) >= 11 is 0. The third-order valence-corrected chi connectivity index (χ3v) is 0.652. The standard InChI is InChI=1S/C8H12.3C2H6/c1-7(2)5-6-8(3)4;3*1-2/h5-6H,1,3H2,2,4H3;3*1-2H3/b6-5-;;;. The normalized spacial score (nSPS) is 6.86. The number of allylic oxidation sites excluding steroid dienone is 4. The smallest absolute Gasteiger partial charge is 0.0404 e. The van der Waals surface area contributed by atoms with E-state index in [1.54, 1.807) is 0 Å². The van der Waals surface area contributed by atoms with Crippen LogP contribution in [0.2, 0.25) is 0 Å². The molecule has 0 fully saturated rings. The van der Waals surface area contributed by atoms with E-state index in [9.17, 15) is 0 Å². The van der Waals surface area contributed by atoms with Crippen molar-refractivity contribution in [3.8, 4) is 0 Å². The van der Waals surface area contributed by atoms with Crippen molar-refractivity contribution in [2.45, 2.75) is 55.4 Å². The van der Waals surface area contributed by atoms with Crippen LogP contribution in [0.15, 0.2) is 36.5 Å². The Balaban J connectivity index is -0.0000000708. The fourth-order valence-corrected chi connectivity index (χ4v) is 0.285. The molecule has 86 valence electrons. The summed E-state index contributed by atoms with van der Waals surface area (Å²) in [5, 5.41) is 0. The third kappa shape index (κ3) is 65.8. The maximum absolute atomic E-state index is 3.70. The Kier molecular flexibility index (Phi) is 49.0. The molecule has 0 rings (SSSR count). The van der Waals surface area contributed by atoms with E-state index in [-0.39, 0.29) is 0 Å². The molecule has 0 bridgehead atoms. The van der Waals surface area contributed by atoms with Crippen LogP contribution < -0.4 is 0 Å². The van der Waals surface area contributed by atoms with Gasteiger partial charge < -0.3 is 0 Å². The van der Waals surface area contributed by atoms with E-state index in [2.05, 4.69) is 13.2 Å². The van der Waals surface area contributed by atoms with Crippen molar-refractivity contribution in [1.82, 2.24) is 0 Å². The topological polar surface area (TPSA) is 0 Å². The monoisotopic (exact) mass is 198 g/mol. The highest BCUT2D eigenvalue weighted by molar-refractivity contribution is 5.20. The molecule has 0 spiro atoms. The quantitative estimate of drug-likeness (QED) is 0.494. The zero-order valence-corrected chi connectivity index (χ0v) is 11.6. The Morgan fingerprint density at radius 1 is 0.643 bits per heavy atom. The highest BCUT2D eigenvalue weighted by Crippen LogP contribution is 1.94. The van der Waals surface area contributed by atoms with Crippen LogP contribution in [0.25, 0.3) is 0 Å². The molecule has 0 saturated carbocycles. The van der Waals surface area contributed by atoms with E-state index in [1.807, 2.05) is 67.5 Å². The highest BCUT2D eigenvalue weighted by Gasteiger charge is 1.72. The van der Waals surface area contributed by atoms with E-state index in [0.717, 1.165) is 11.1 Å².